The number of hydrogen-bond donors (Lipinski definition) is 1. The molecule has 2 N–H and O–H groups in total. The quantitative estimate of drug-likeness (QED) is 0.802. The van der Waals surface area contributed by atoms with Crippen LogP contribution in [0.4, 0.5) is 26.3 Å². The van der Waals surface area contributed by atoms with Crippen molar-refractivity contribution in [2.75, 3.05) is 13.2 Å². The molecule has 1 aliphatic heterocycles. The Bertz CT molecular complexity index is 253. The molecule has 1 aliphatic rings. The molecule has 1 saturated heterocycles. The lowest BCUT2D eigenvalue weighted by molar-refractivity contribution is -0.324. The van der Waals surface area contributed by atoms with Crippen molar-refractivity contribution in [1.29, 1.82) is 0 Å². The second kappa shape index (κ2) is 5.62. The third-order valence-electron chi connectivity index (χ3n) is 2.50. The van der Waals surface area contributed by atoms with E-state index in [1.54, 1.807) is 0 Å². The van der Waals surface area contributed by atoms with E-state index in [0.29, 0.717) is 12.8 Å². The molecule has 0 aromatic rings. The van der Waals surface area contributed by atoms with Crippen LogP contribution in [0.25, 0.3) is 0 Å². The fourth-order valence-electron chi connectivity index (χ4n) is 1.65. The van der Waals surface area contributed by atoms with Crippen molar-refractivity contribution in [3.05, 3.63) is 0 Å². The summed E-state index contributed by atoms with van der Waals surface area (Å²) in [6, 6.07) is 0. The Kier molecular flexibility index (Phi) is 4.84. The predicted octanol–water partition coefficient (Wildman–Crippen LogP) is 2.00. The van der Waals surface area contributed by atoms with Crippen LogP contribution in [0, 0.1) is 0 Å². The molecule has 1 rings (SSSR count). The normalized spacial score (nSPS) is 26.0. The van der Waals surface area contributed by atoms with E-state index in [4.69, 9.17) is 10.5 Å². The average molecular weight is 281 g/mol. The van der Waals surface area contributed by atoms with E-state index in [1.807, 2.05) is 0 Å². The minimum absolute atomic E-state index is 0.179. The van der Waals surface area contributed by atoms with Gasteiger partial charge < -0.3 is 15.2 Å². The molecule has 1 heterocycles. The number of rotatable bonds is 4. The Morgan fingerprint density at radius 3 is 1.94 bits per heavy atom. The Morgan fingerprint density at radius 1 is 1.06 bits per heavy atom. The Labute approximate surface area is 99.2 Å². The molecular weight excluding hydrogens is 268 g/mol. The van der Waals surface area contributed by atoms with Gasteiger partial charge >= 0.3 is 12.4 Å². The van der Waals surface area contributed by atoms with Gasteiger partial charge in [-0.15, -0.1) is 0 Å². The molecular formula is C9H13F6NO2. The van der Waals surface area contributed by atoms with Gasteiger partial charge in [-0.25, -0.2) is 0 Å². The number of hydrogen-bond acceptors (Lipinski definition) is 3. The number of nitrogens with two attached hydrogens (primary N) is 1. The van der Waals surface area contributed by atoms with Crippen molar-refractivity contribution >= 4 is 0 Å². The first-order valence-corrected chi connectivity index (χ1v) is 5.25. The van der Waals surface area contributed by atoms with Gasteiger partial charge in [0.05, 0.1) is 18.8 Å². The summed E-state index contributed by atoms with van der Waals surface area (Å²) in [5.41, 5.74) is 5.26. The van der Waals surface area contributed by atoms with E-state index in [2.05, 4.69) is 4.74 Å². The minimum atomic E-state index is -5.48. The maximum Gasteiger partial charge on any atom is 0.423 e. The predicted molar refractivity (Wildman–Crippen MR) is 48.8 cm³/mol. The van der Waals surface area contributed by atoms with Crippen LogP contribution in [0.15, 0.2) is 0 Å². The SMILES string of the molecule is NCC1CCC(COC(C(F)(F)F)C(F)(F)F)O1. The van der Waals surface area contributed by atoms with Crippen LogP contribution < -0.4 is 5.73 Å². The highest BCUT2D eigenvalue weighted by Gasteiger charge is 2.58. The highest BCUT2D eigenvalue weighted by atomic mass is 19.4. The summed E-state index contributed by atoms with van der Waals surface area (Å²) < 4.78 is 81.8. The van der Waals surface area contributed by atoms with E-state index in [-0.39, 0.29) is 12.6 Å². The molecule has 0 bridgehead atoms. The number of alkyl halides is 6. The molecule has 18 heavy (non-hydrogen) atoms. The van der Waals surface area contributed by atoms with E-state index in [9.17, 15) is 26.3 Å². The van der Waals surface area contributed by atoms with Crippen molar-refractivity contribution in [1.82, 2.24) is 0 Å². The van der Waals surface area contributed by atoms with Gasteiger partial charge in [0.1, 0.15) is 0 Å². The van der Waals surface area contributed by atoms with Gasteiger partial charge in [0, 0.05) is 6.54 Å². The van der Waals surface area contributed by atoms with Crippen LogP contribution in [0.5, 0.6) is 0 Å². The van der Waals surface area contributed by atoms with Gasteiger partial charge in [0.15, 0.2) is 0 Å². The summed E-state index contributed by atoms with van der Waals surface area (Å²) in [6.45, 7) is -0.571. The van der Waals surface area contributed by atoms with Gasteiger partial charge in [-0.05, 0) is 12.8 Å². The largest absolute Gasteiger partial charge is 0.423 e. The molecule has 0 aromatic carbocycles. The van der Waals surface area contributed by atoms with E-state index < -0.39 is 31.2 Å². The van der Waals surface area contributed by atoms with Crippen LogP contribution in [-0.4, -0.2) is 43.8 Å². The Morgan fingerprint density at radius 2 is 1.56 bits per heavy atom. The Balaban J connectivity index is 2.49. The maximum absolute atomic E-state index is 12.1. The van der Waals surface area contributed by atoms with Crippen LogP contribution in [0.2, 0.25) is 0 Å². The second-order valence-corrected chi connectivity index (χ2v) is 3.99. The van der Waals surface area contributed by atoms with Crippen molar-refractivity contribution in [2.24, 2.45) is 5.73 Å². The van der Waals surface area contributed by atoms with Crippen LogP contribution in [-0.2, 0) is 9.47 Å². The molecule has 0 spiro atoms. The first-order valence-electron chi connectivity index (χ1n) is 5.25. The molecule has 0 amide bonds. The van der Waals surface area contributed by atoms with Gasteiger partial charge in [0.2, 0.25) is 6.10 Å². The first-order chi connectivity index (χ1) is 8.14. The van der Waals surface area contributed by atoms with E-state index in [1.165, 1.54) is 0 Å². The van der Waals surface area contributed by atoms with E-state index in [0.717, 1.165) is 0 Å². The summed E-state index contributed by atoms with van der Waals surface area (Å²) in [4.78, 5) is 0. The summed E-state index contributed by atoms with van der Waals surface area (Å²) >= 11 is 0. The first kappa shape index (κ1) is 15.5. The second-order valence-electron chi connectivity index (χ2n) is 3.99. The molecule has 0 radical (unpaired) electrons. The summed E-state index contributed by atoms with van der Waals surface area (Å²) in [5.74, 6) is 0. The maximum atomic E-state index is 12.1. The molecule has 2 unspecified atom stereocenters. The van der Waals surface area contributed by atoms with Crippen molar-refractivity contribution < 1.29 is 35.8 Å². The van der Waals surface area contributed by atoms with Gasteiger partial charge in [-0.1, -0.05) is 0 Å². The van der Waals surface area contributed by atoms with Gasteiger partial charge in [-0.3, -0.25) is 0 Å². The van der Waals surface area contributed by atoms with Crippen LogP contribution >= 0.6 is 0 Å². The van der Waals surface area contributed by atoms with Crippen molar-refractivity contribution in [3.63, 3.8) is 0 Å². The molecule has 1 fully saturated rings. The number of halogens is 6. The van der Waals surface area contributed by atoms with Crippen molar-refractivity contribution in [3.8, 4) is 0 Å². The Hall–Kier alpha value is -0.540. The fraction of sp³-hybridized carbons (Fsp3) is 1.00. The zero-order valence-corrected chi connectivity index (χ0v) is 9.22. The summed E-state index contributed by atoms with van der Waals surface area (Å²) in [5, 5.41) is 0. The topological polar surface area (TPSA) is 44.5 Å². The van der Waals surface area contributed by atoms with Gasteiger partial charge in [-0.2, -0.15) is 26.3 Å². The number of ether oxygens (including phenoxy) is 2. The van der Waals surface area contributed by atoms with Gasteiger partial charge in [0.25, 0.3) is 0 Å². The highest BCUT2D eigenvalue weighted by molar-refractivity contribution is 4.79. The highest BCUT2D eigenvalue weighted by Crippen LogP contribution is 2.36. The van der Waals surface area contributed by atoms with Crippen LogP contribution in [0.1, 0.15) is 12.8 Å². The molecule has 3 nitrogen and oxygen atoms in total. The average Bonchev–Trinajstić information content (AvgIpc) is 2.61. The zero-order chi connectivity index (χ0) is 14.0. The standard InChI is InChI=1S/C9H13F6NO2/c10-8(11,12)7(9(13,14)15)17-4-6-2-1-5(3-16)18-6/h5-7H,1-4,16H2. The third-order valence-corrected chi connectivity index (χ3v) is 2.50. The minimum Gasteiger partial charge on any atom is -0.371 e. The lowest BCUT2D eigenvalue weighted by Crippen LogP contribution is -2.45. The molecule has 0 aliphatic carbocycles. The molecule has 0 aromatic heterocycles. The summed E-state index contributed by atoms with van der Waals surface area (Å²) in [6.07, 6.45) is -15.0. The molecule has 2 atom stereocenters. The fourth-order valence-corrected chi connectivity index (χ4v) is 1.65. The lowest BCUT2D eigenvalue weighted by Gasteiger charge is -2.24. The summed E-state index contributed by atoms with van der Waals surface area (Å²) in [7, 11) is 0. The smallest absolute Gasteiger partial charge is 0.371 e. The van der Waals surface area contributed by atoms with Crippen molar-refractivity contribution in [2.45, 2.75) is 43.5 Å². The lowest BCUT2D eigenvalue weighted by atomic mass is 10.2. The molecule has 9 heteroatoms. The third kappa shape index (κ3) is 4.29. The monoisotopic (exact) mass is 281 g/mol. The van der Waals surface area contributed by atoms with Crippen LogP contribution in [0.3, 0.4) is 0 Å². The molecule has 108 valence electrons. The zero-order valence-electron chi connectivity index (χ0n) is 9.22. The van der Waals surface area contributed by atoms with E-state index >= 15 is 0 Å². The molecule has 0 saturated carbocycles.